The molecule has 2 aliphatic rings. The molecule has 5 nitrogen and oxygen atoms in total. The van der Waals surface area contributed by atoms with Crippen LogP contribution in [0.4, 0.5) is 5.69 Å². The fourth-order valence-corrected chi connectivity index (χ4v) is 3.54. The minimum absolute atomic E-state index is 0.0855. The van der Waals surface area contributed by atoms with Gasteiger partial charge in [-0.25, -0.2) is 0 Å². The number of rotatable bonds is 2. The van der Waals surface area contributed by atoms with E-state index in [9.17, 15) is 19.8 Å². The van der Waals surface area contributed by atoms with Crippen LogP contribution in [0.25, 0.3) is 0 Å². The van der Waals surface area contributed by atoms with Crippen LogP contribution in [0.3, 0.4) is 0 Å². The summed E-state index contributed by atoms with van der Waals surface area (Å²) in [4.78, 5) is 24.2. The fraction of sp³-hybridized carbons (Fsp3) is 0.375. The van der Waals surface area contributed by atoms with E-state index in [0.29, 0.717) is 0 Å². The van der Waals surface area contributed by atoms with Crippen LogP contribution in [0.5, 0.6) is 11.5 Å². The Bertz CT molecular complexity index is 736. The molecule has 0 aromatic heterocycles. The number of carbonyl (C=O) groups is 2. The summed E-state index contributed by atoms with van der Waals surface area (Å²) >= 11 is 11.8. The van der Waals surface area contributed by atoms with Crippen LogP contribution in [0, 0.1) is 0 Å². The molecule has 0 atom stereocenters. The number of halogens is 2. The summed E-state index contributed by atoms with van der Waals surface area (Å²) in [5.41, 5.74) is -0.527. The first-order valence-corrected chi connectivity index (χ1v) is 8.17. The van der Waals surface area contributed by atoms with Crippen LogP contribution < -0.4 is 5.32 Å². The van der Waals surface area contributed by atoms with Crippen LogP contribution in [0.15, 0.2) is 11.1 Å². The Morgan fingerprint density at radius 1 is 1.00 bits per heavy atom. The normalized spacial score (nSPS) is 18.6. The molecule has 122 valence electrons. The van der Waals surface area contributed by atoms with E-state index < -0.39 is 23.1 Å². The number of phenols is 2. The molecule has 0 unspecified atom stereocenters. The van der Waals surface area contributed by atoms with Crippen molar-refractivity contribution < 1.29 is 19.8 Å². The third-order valence-corrected chi connectivity index (χ3v) is 4.94. The van der Waals surface area contributed by atoms with Crippen molar-refractivity contribution >= 4 is 40.5 Å². The molecule has 0 amide bonds. The maximum absolute atomic E-state index is 12.1. The van der Waals surface area contributed by atoms with Gasteiger partial charge in [-0.2, -0.15) is 0 Å². The largest absolute Gasteiger partial charge is 0.505 e. The van der Waals surface area contributed by atoms with E-state index >= 15 is 0 Å². The van der Waals surface area contributed by atoms with Crippen molar-refractivity contribution in [3.8, 4) is 11.5 Å². The van der Waals surface area contributed by atoms with Gasteiger partial charge in [0.05, 0.1) is 16.2 Å². The van der Waals surface area contributed by atoms with E-state index in [1.165, 1.54) is 0 Å². The van der Waals surface area contributed by atoms with E-state index in [2.05, 4.69) is 5.32 Å². The third kappa shape index (κ3) is 2.68. The molecule has 0 saturated heterocycles. The summed E-state index contributed by atoms with van der Waals surface area (Å²) in [5.74, 6) is -2.34. The first-order chi connectivity index (χ1) is 10.9. The van der Waals surface area contributed by atoms with Gasteiger partial charge in [0, 0.05) is 12.1 Å². The molecule has 23 heavy (non-hydrogen) atoms. The molecule has 1 fully saturated rings. The standard InChI is InChI=1S/C16H15Cl2NO4/c17-8-6-9(20)10-11(14(8)21)15(22)12(18)13(16(10)23)19-7-4-2-1-3-5-7/h6-7,19,22-23H,1-5H2. The fourth-order valence-electron chi connectivity index (χ4n) is 3.11. The van der Waals surface area contributed by atoms with Gasteiger partial charge in [0.2, 0.25) is 5.78 Å². The Hall–Kier alpha value is -1.72. The highest BCUT2D eigenvalue weighted by atomic mass is 35.5. The number of nitrogens with one attached hydrogen (secondary N) is 1. The number of aromatic hydroxyl groups is 2. The summed E-state index contributed by atoms with van der Waals surface area (Å²) in [6.45, 7) is 0. The van der Waals surface area contributed by atoms with Crippen molar-refractivity contribution in [2.24, 2.45) is 0 Å². The quantitative estimate of drug-likeness (QED) is 0.551. The Labute approximate surface area is 142 Å². The molecule has 3 N–H and O–H groups in total. The van der Waals surface area contributed by atoms with Crippen LogP contribution in [0.1, 0.15) is 52.8 Å². The number of benzene rings is 1. The van der Waals surface area contributed by atoms with Crippen molar-refractivity contribution in [3.05, 3.63) is 27.3 Å². The van der Waals surface area contributed by atoms with Crippen molar-refractivity contribution in [2.45, 2.75) is 38.1 Å². The first kappa shape index (κ1) is 16.1. The Balaban J connectivity index is 2.10. The van der Waals surface area contributed by atoms with Crippen LogP contribution in [-0.2, 0) is 0 Å². The number of fused-ring (bicyclic) bond motifs is 1. The van der Waals surface area contributed by atoms with Gasteiger partial charge in [-0.1, -0.05) is 42.5 Å². The highest BCUT2D eigenvalue weighted by molar-refractivity contribution is 6.50. The molecule has 2 aliphatic carbocycles. The Morgan fingerprint density at radius 2 is 1.65 bits per heavy atom. The van der Waals surface area contributed by atoms with Gasteiger partial charge in [0.1, 0.15) is 16.5 Å². The second-order valence-electron chi connectivity index (χ2n) is 5.80. The molecule has 3 rings (SSSR count). The molecule has 7 heteroatoms. The predicted molar refractivity (Wildman–Crippen MR) is 87.9 cm³/mol. The number of Topliss-reactive ketones (excluding diaryl/α,β-unsaturated/α-hetero) is 1. The number of hydrogen-bond acceptors (Lipinski definition) is 5. The van der Waals surface area contributed by atoms with E-state index in [-0.39, 0.29) is 32.9 Å². The Kier molecular flexibility index (Phi) is 4.25. The maximum Gasteiger partial charge on any atom is 0.209 e. The summed E-state index contributed by atoms with van der Waals surface area (Å²) in [5, 5.41) is 23.3. The SMILES string of the molecule is O=C1C(Cl)=CC(=O)c2c(O)c(NC3CCCCC3)c(Cl)c(O)c21. The topological polar surface area (TPSA) is 86.6 Å². The summed E-state index contributed by atoms with van der Waals surface area (Å²) < 4.78 is 0. The summed E-state index contributed by atoms with van der Waals surface area (Å²) in [6.07, 6.45) is 6.03. The molecule has 0 aliphatic heterocycles. The molecule has 0 spiro atoms. The van der Waals surface area contributed by atoms with Crippen LogP contribution >= 0.6 is 23.2 Å². The van der Waals surface area contributed by atoms with Gasteiger partial charge in [0.15, 0.2) is 11.5 Å². The molecular formula is C16H15Cl2NO4. The zero-order valence-electron chi connectivity index (χ0n) is 12.2. The van der Waals surface area contributed by atoms with E-state index in [4.69, 9.17) is 23.2 Å². The van der Waals surface area contributed by atoms with E-state index in [0.717, 1.165) is 38.2 Å². The van der Waals surface area contributed by atoms with Crippen molar-refractivity contribution in [3.63, 3.8) is 0 Å². The lowest BCUT2D eigenvalue weighted by Gasteiger charge is -2.26. The lowest BCUT2D eigenvalue weighted by Crippen LogP contribution is -2.23. The minimum Gasteiger partial charge on any atom is -0.505 e. The number of hydrogen-bond donors (Lipinski definition) is 3. The van der Waals surface area contributed by atoms with Crippen LogP contribution in [-0.4, -0.2) is 27.8 Å². The highest BCUT2D eigenvalue weighted by Gasteiger charge is 2.35. The number of anilines is 1. The molecule has 1 saturated carbocycles. The van der Waals surface area contributed by atoms with Gasteiger partial charge in [-0.05, 0) is 12.8 Å². The molecule has 1 aromatic carbocycles. The monoisotopic (exact) mass is 355 g/mol. The average Bonchev–Trinajstić information content (AvgIpc) is 2.53. The number of allylic oxidation sites excluding steroid dienone is 2. The second kappa shape index (κ2) is 6.06. The number of carbonyl (C=O) groups excluding carboxylic acids is 2. The van der Waals surface area contributed by atoms with Gasteiger partial charge in [-0.3, -0.25) is 9.59 Å². The molecule has 0 bridgehead atoms. The average molecular weight is 356 g/mol. The highest BCUT2D eigenvalue weighted by Crippen LogP contribution is 2.47. The van der Waals surface area contributed by atoms with E-state index in [1.807, 2.05) is 0 Å². The third-order valence-electron chi connectivity index (χ3n) is 4.29. The van der Waals surface area contributed by atoms with Gasteiger partial charge >= 0.3 is 0 Å². The number of ketones is 2. The molecule has 0 heterocycles. The lowest BCUT2D eigenvalue weighted by atomic mass is 9.91. The van der Waals surface area contributed by atoms with Gasteiger partial charge in [-0.15, -0.1) is 0 Å². The second-order valence-corrected chi connectivity index (χ2v) is 6.59. The number of phenolic OH excluding ortho intramolecular Hbond substituents is 2. The zero-order valence-corrected chi connectivity index (χ0v) is 13.7. The maximum atomic E-state index is 12.1. The van der Waals surface area contributed by atoms with Crippen molar-refractivity contribution in [1.82, 2.24) is 0 Å². The first-order valence-electron chi connectivity index (χ1n) is 7.42. The van der Waals surface area contributed by atoms with Crippen LogP contribution in [0.2, 0.25) is 5.02 Å². The zero-order chi connectivity index (χ0) is 16.7. The lowest BCUT2D eigenvalue weighted by molar-refractivity contribution is 0.0985. The predicted octanol–water partition coefficient (Wildman–Crippen LogP) is 4.00. The minimum atomic E-state index is -0.736. The van der Waals surface area contributed by atoms with Crippen molar-refractivity contribution in [1.29, 1.82) is 0 Å². The Morgan fingerprint density at radius 3 is 2.30 bits per heavy atom. The van der Waals surface area contributed by atoms with Gasteiger partial charge < -0.3 is 15.5 Å². The molecular weight excluding hydrogens is 341 g/mol. The molecule has 0 radical (unpaired) electrons. The van der Waals surface area contributed by atoms with Gasteiger partial charge in [0.25, 0.3) is 0 Å². The van der Waals surface area contributed by atoms with E-state index in [1.54, 1.807) is 0 Å². The smallest absolute Gasteiger partial charge is 0.209 e. The summed E-state index contributed by atoms with van der Waals surface area (Å²) in [7, 11) is 0. The molecule has 1 aromatic rings. The summed E-state index contributed by atoms with van der Waals surface area (Å²) in [6, 6.07) is 0.0955. The van der Waals surface area contributed by atoms with Crippen molar-refractivity contribution in [2.75, 3.05) is 5.32 Å².